The molecule has 1 saturated heterocycles. The van der Waals surface area contributed by atoms with Crippen molar-refractivity contribution in [1.29, 1.82) is 0 Å². The maximum atomic E-state index is 9.67. The summed E-state index contributed by atoms with van der Waals surface area (Å²) in [6.45, 7) is 4.90. The van der Waals surface area contributed by atoms with E-state index in [1.165, 1.54) is 0 Å². The Hall–Kier alpha value is -1.70. The second kappa shape index (κ2) is 7.25. The van der Waals surface area contributed by atoms with Crippen molar-refractivity contribution in [1.82, 2.24) is 15.0 Å². The maximum absolute atomic E-state index is 9.67. The third-order valence-corrected chi connectivity index (χ3v) is 4.26. The first-order valence-electron chi connectivity index (χ1n) is 7.89. The summed E-state index contributed by atoms with van der Waals surface area (Å²) in [6.07, 6.45) is 0.631. The molecule has 3 rings (SSSR count). The average Bonchev–Trinajstić information content (AvgIpc) is 3.25. The van der Waals surface area contributed by atoms with Crippen molar-refractivity contribution in [3.63, 3.8) is 0 Å². The number of nitrogens with zero attached hydrogens (tertiary/aromatic N) is 3. The van der Waals surface area contributed by atoms with E-state index in [2.05, 4.69) is 15.0 Å². The Balaban J connectivity index is 1.65. The second-order valence-electron chi connectivity index (χ2n) is 6.05. The predicted molar refractivity (Wildman–Crippen MR) is 81.9 cm³/mol. The molecule has 2 atom stereocenters. The van der Waals surface area contributed by atoms with Crippen molar-refractivity contribution in [3.05, 3.63) is 35.4 Å². The van der Waals surface area contributed by atoms with E-state index in [9.17, 15) is 5.11 Å². The highest BCUT2D eigenvalue weighted by Crippen LogP contribution is 2.32. The van der Waals surface area contributed by atoms with Gasteiger partial charge in [-0.05, 0) is 19.1 Å². The first-order valence-corrected chi connectivity index (χ1v) is 7.89. The van der Waals surface area contributed by atoms with Crippen molar-refractivity contribution >= 4 is 0 Å². The lowest BCUT2D eigenvalue weighted by atomic mass is 9.97. The summed E-state index contributed by atoms with van der Waals surface area (Å²) in [5.74, 6) is 3.26. The summed E-state index contributed by atoms with van der Waals surface area (Å²) in [6, 6.07) is 3.96. The first kappa shape index (κ1) is 16.2. The fraction of sp³-hybridized carbons (Fsp3) is 0.625. The molecule has 0 bridgehead atoms. The van der Waals surface area contributed by atoms with Crippen LogP contribution in [0.25, 0.3) is 0 Å². The van der Waals surface area contributed by atoms with E-state index in [4.69, 9.17) is 13.7 Å². The molecule has 0 radical (unpaired) electrons. The highest BCUT2D eigenvalue weighted by Gasteiger charge is 2.37. The number of rotatable bonds is 7. The molecule has 1 aliphatic heterocycles. The molecular weight excluding hydrogens is 298 g/mol. The molecule has 3 heterocycles. The van der Waals surface area contributed by atoms with Crippen molar-refractivity contribution in [2.45, 2.75) is 25.8 Å². The number of aromatic nitrogens is 2. The molecule has 1 fully saturated rings. The van der Waals surface area contributed by atoms with Crippen LogP contribution in [0.5, 0.6) is 0 Å². The third kappa shape index (κ3) is 3.80. The van der Waals surface area contributed by atoms with E-state index >= 15 is 0 Å². The Morgan fingerprint density at radius 2 is 2.26 bits per heavy atom. The van der Waals surface area contributed by atoms with Crippen LogP contribution in [0.3, 0.4) is 0 Å². The summed E-state index contributed by atoms with van der Waals surface area (Å²) < 4.78 is 16.1. The van der Waals surface area contributed by atoms with Crippen molar-refractivity contribution in [2.24, 2.45) is 5.92 Å². The van der Waals surface area contributed by atoms with Crippen LogP contribution in [0, 0.1) is 12.8 Å². The van der Waals surface area contributed by atoms with Crippen LogP contribution in [0.2, 0.25) is 0 Å². The number of furan rings is 1. The van der Waals surface area contributed by atoms with Gasteiger partial charge in [0, 0.05) is 39.1 Å². The molecule has 7 heteroatoms. The molecule has 7 nitrogen and oxygen atoms in total. The normalized spacial score (nSPS) is 22.0. The number of methoxy groups -OCH3 is 1. The molecule has 0 aliphatic carbocycles. The van der Waals surface area contributed by atoms with Crippen molar-refractivity contribution < 1.29 is 18.8 Å². The van der Waals surface area contributed by atoms with Crippen LogP contribution in [0.15, 0.2) is 21.1 Å². The Morgan fingerprint density at radius 3 is 2.96 bits per heavy atom. The minimum absolute atomic E-state index is 0.0554. The summed E-state index contributed by atoms with van der Waals surface area (Å²) in [4.78, 5) is 6.71. The minimum Gasteiger partial charge on any atom is -0.465 e. The van der Waals surface area contributed by atoms with Gasteiger partial charge in [-0.25, -0.2) is 0 Å². The maximum Gasteiger partial charge on any atom is 0.231 e. The molecule has 0 amide bonds. The number of aliphatic hydroxyl groups is 1. The predicted octanol–water partition coefficient (Wildman–Crippen LogP) is 1.37. The van der Waals surface area contributed by atoms with Crippen molar-refractivity contribution in [3.8, 4) is 0 Å². The zero-order chi connectivity index (χ0) is 16.2. The first-order chi connectivity index (χ1) is 11.2. The second-order valence-corrected chi connectivity index (χ2v) is 6.05. The third-order valence-electron chi connectivity index (χ3n) is 4.26. The molecule has 126 valence electrons. The summed E-state index contributed by atoms with van der Waals surface area (Å²) in [5, 5.41) is 13.7. The molecule has 2 aromatic heterocycles. The molecular formula is C16H23N3O4. The zero-order valence-electron chi connectivity index (χ0n) is 13.6. The Kier molecular flexibility index (Phi) is 5.09. The fourth-order valence-corrected chi connectivity index (χ4v) is 3.06. The Labute approximate surface area is 135 Å². The summed E-state index contributed by atoms with van der Waals surface area (Å²) in [7, 11) is 1.65. The topological polar surface area (TPSA) is 84.8 Å². The van der Waals surface area contributed by atoms with Gasteiger partial charge >= 0.3 is 0 Å². The van der Waals surface area contributed by atoms with Gasteiger partial charge < -0.3 is 18.8 Å². The smallest absolute Gasteiger partial charge is 0.231 e. The number of hydrogen-bond donors (Lipinski definition) is 1. The SMILES string of the molecule is COCCc1noc([C@@H]2CN(Cc3ccc(C)o3)C[C@H]2CO)n1. The van der Waals surface area contributed by atoms with Gasteiger partial charge in [-0.2, -0.15) is 4.98 Å². The lowest BCUT2D eigenvalue weighted by Gasteiger charge is -2.13. The number of aryl methyl sites for hydroxylation is 1. The van der Waals surface area contributed by atoms with E-state index < -0.39 is 0 Å². The van der Waals surface area contributed by atoms with Crippen LogP contribution < -0.4 is 0 Å². The zero-order valence-corrected chi connectivity index (χ0v) is 13.6. The molecule has 23 heavy (non-hydrogen) atoms. The van der Waals surface area contributed by atoms with Gasteiger partial charge in [0.15, 0.2) is 5.82 Å². The largest absolute Gasteiger partial charge is 0.465 e. The standard InChI is InChI=1S/C16H23N3O4/c1-11-3-4-13(22-11)8-19-7-12(10-20)14(9-19)16-17-15(18-23-16)5-6-21-2/h3-4,12,14,20H,5-10H2,1-2H3/t12-,14+/m0/s1. The molecule has 1 aliphatic rings. The van der Waals surface area contributed by atoms with Gasteiger partial charge in [0.2, 0.25) is 5.89 Å². The lowest BCUT2D eigenvalue weighted by molar-refractivity contribution is 0.199. The van der Waals surface area contributed by atoms with E-state index in [-0.39, 0.29) is 18.4 Å². The highest BCUT2D eigenvalue weighted by atomic mass is 16.5. The molecule has 0 unspecified atom stereocenters. The van der Waals surface area contributed by atoms with E-state index in [0.717, 1.165) is 31.2 Å². The number of ether oxygens (including phenoxy) is 1. The van der Waals surface area contributed by atoms with Gasteiger partial charge in [-0.3, -0.25) is 4.90 Å². The molecule has 0 aromatic carbocycles. The average molecular weight is 321 g/mol. The minimum atomic E-state index is 0.0554. The molecule has 2 aromatic rings. The quantitative estimate of drug-likeness (QED) is 0.824. The summed E-state index contributed by atoms with van der Waals surface area (Å²) in [5.41, 5.74) is 0. The van der Waals surface area contributed by atoms with Crippen molar-refractivity contribution in [2.75, 3.05) is 33.4 Å². The number of likely N-dealkylation sites (tertiary alicyclic amines) is 1. The van der Waals surface area contributed by atoms with Crippen LogP contribution in [-0.2, 0) is 17.7 Å². The van der Waals surface area contributed by atoms with Crippen LogP contribution in [-0.4, -0.2) is 53.6 Å². The van der Waals surface area contributed by atoms with E-state index in [0.29, 0.717) is 24.7 Å². The Bertz CT molecular complexity index is 624. The Morgan fingerprint density at radius 1 is 1.39 bits per heavy atom. The molecule has 0 spiro atoms. The van der Waals surface area contributed by atoms with Crippen LogP contribution in [0.4, 0.5) is 0 Å². The number of hydrogen-bond acceptors (Lipinski definition) is 7. The van der Waals surface area contributed by atoms with Gasteiger partial charge in [0.05, 0.1) is 19.1 Å². The van der Waals surface area contributed by atoms with Gasteiger partial charge in [-0.15, -0.1) is 0 Å². The molecule has 1 N–H and O–H groups in total. The van der Waals surface area contributed by atoms with Crippen LogP contribution >= 0.6 is 0 Å². The lowest BCUT2D eigenvalue weighted by Crippen LogP contribution is -2.20. The fourth-order valence-electron chi connectivity index (χ4n) is 3.06. The monoisotopic (exact) mass is 321 g/mol. The highest BCUT2D eigenvalue weighted by molar-refractivity contribution is 5.08. The van der Waals surface area contributed by atoms with Crippen LogP contribution in [0.1, 0.15) is 29.2 Å². The molecule has 0 saturated carbocycles. The van der Waals surface area contributed by atoms with Gasteiger partial charge in [0.1, 0.15) is 11.5 Å². The number of aliphatic hydroxyl groups excluding tert-OH is 1. The van der Waals surface area contributed by atoms with Gasteiger partial charge in [-0.1, -0.05) is 5.16 Å². The summed E-state index contributed by atoms with van der Waals surface area (Å²) >= 11 is 0. The van der Waals surface area contributed by atoms with Gasteiger partial charge in [0.25, 0.3) is 0 Å². The van der Waals surface area contributed by atoms with E-state index in [1.54, 1.807) is 7.11 Å². The van der Waals surface area contributed by atoms with E-state index in [1.807, 2.05) is 19.1 Å².